The maximum atomic E-state index is 13.9. The smallest absolute Gasteiger partial charge is 0.256 e. The summed E-state index contributed by atoms with van der Waals surface area (Å²) in [6.07, 6.45) is 2.17. The van der Waals surface area contributed by atoms with Crippen LogP contribution in [0.25, 0.3) is 0 Å². The van der Waals surface area contributed by atoms with Gasteiger partial charge in [0.15, 0.2) is 0 Å². The van der Waals surface area contributed by atoms with Gasteiger partial charge in [-0.15, -0.1) is 0 Å². The Morgan fingerprint density at radius 1 is 1.11 bits per heavy atom. The van der Waals surface area contributed by atoms with Crippen molar-refractivity contribution < 1.29 is 14.0 Å². The third-order valence-electron chi connectivity index (χ3n) is 5.62. The van der Waals surface area contributed by atoms with Gasteiger partial charge in [0, 0.05) is 24.7 Å². The standard InChI is InChI=1S/C23H27FN2O2/c1-3-16(2)18-8-5-7-11-21(18)25-22(27)17-12-14-26(15-13-17)23(28)19-9-4-6-10-20(19)24/h4-11,16-17H,3,12-15H2,1-2H3,(H,25,27)/t16-/m1/s1. The van der Waals surface area contributed by atoms with E-state index >= 15 is 0 Å². The molecule has 0 spiro atoms. The molecule has 1 fully saturated rings. The van der Waals surface area contributed by atoms with Gasteiger partial charge in [-0.2, -0.15) is 0 Å². The lowest BCUT2D eigenvalue weighted by Gasteiger charge is -2.31. The molecule has 1 aliphatic heterocycles. The highest BCUT2D eigenvalue weighted by molar-refractivity contribution is 5.95. The van der Waals surface area contributed by atoms with Gasteiger partial charge >= 0.3 is 0 Å². The van der Waals surface area contributed by atoms with E-state index in [1.54, 1.807) is 17.0 Å². The Balaban J connectivity index is 1.60. The van der Waals surface area contributed by atoms with Crippen LogP contribution in [0.2, 0.25) is 0 Å². The van der Waals surface area contributed by atoms with Gasteiger partial charge in [0.05, 0.1) is 5.56 Å². The number of rotatable bonds is 5. The average Bonchev–Trinajstić information content (AvgIpc) is 2.73. The van der Waals surface area contributed by atoms with E-state index in [0.29, 0.717) is 31.8 Å². The maximum absolute atomic E-state index is 13.9. The molecule has 2 aromatic carbocycles. The normalized spacial score (nSPS) is 15.9. The Hall–Kier alpha value is -2.69. The third-order valence-corrected chi connectivity index (χ3v) is 5.62. The SMILES string of the molecule is CC[C@@H](C)c1ccccc1NC(=O)C1CCN(C(=O)c2ccccc2F)CC1. The Morgan fingerprint density at radius 2 is 1.75 bits per heavy atom. The largest absolute Gasteiger partial charge is 0.339 e. The molecule has 148 valence electrons. The summed E-state index contributed by atoms with van der Waals surface area (Å²) in [5, 5.41) is 3.08. The number of hydrogen-bond donors (Lipinski definition) is 1. The van der Waals surface area contributed by atoms with E-state index < -0.39 is 5.82 Å². The fourth-order valence-corrected chi connectivity index (χ4v) is 3.65. The lowest BCUT2D eigenvalue weighted by molar-refractivity contribution is -0.121. The molecule has 1 atom stereocenters. The molecule has 4 nitrogen and oxygen atoms in total. The first-order valence-corrected chi connectivity index (χ1v) is 9.94. The molecule has 1 heterocycles. The zero-order chi connectivity index (χ0) is 20.1. The fourth-order valence-electron chi connectivity index (χ4n) is 3.65. The summed E-state index contributed by atoms with van der Waals surface area (Å²) >= 11 is 0. The first kappa shape index (κ1) is 20.1. The number of piperidine rings is 1. The van der Waals surface area contributed by atoms with Crippen molar-refractivity contribution in [2.45, 2.75) is 39.0 Å². The van der Waals surface area contributed by atoms with E-state index in [1.165, 1.54) is 12.1 Å². The van der Waals surface area contributed by atoms with Gasteiger partial charge in [-0.05, 0) is 48.9 Å². The van der Waals surface area contributed by atoms with Crippen LogP contribution in [0.1, 0.15) is 54.9 Å². The minimum absolute atomic E-state index is 0.00579. The number of nitrogens with one attached hydrogen (secondary N) is 1. The zero-order valence-electron chi connectivity index (χ0n) is 16.5. The molecule has 2 aromatic rings. The molecule has 2 amide bonds. The predicted molar refractivity (Wildman–Crippen MR) is 109 cm³/mol. The summed E-state index contributed by atoms with van der Waals surface area (Å²) in [5.41, 5.74) is 2.10. The number of amides is 2. The van der Waals surface area contributed by atoms with E-state index in [9.17, 15) is 14.0 Å². The summed E-state index contributed by atoms with van der Waals surface area (Å²) in [4.78, 5) is 26.9. The van der Waals surface area contributed by atoms with Crippen molar-refractivity contribution in [3.05, 3.63) is 65.5 Å². The summed E-state index contributed by atoms with van der Waals surface area (Å²) < 4.78 is 13.9. The van der Waals surface area contributed by atoms with Crippen LogP contribution in [0.15, 0.2) is 48.5 Å². The van der Waals surface area contributed by atoms with E-state index in [2.05, 4.69) is 25.2 Å². The van der Waals surface area contributed by atoms with Crippen LogP contribution >= 0.6 is 0 Å². The number of nitrogens with zero attached hydrogens (tertiary/aromatic N) is 1. The average molecular weight is 382 g/mol. The van der Waals surface area contributed by atoms with Crippen molar-refractivity contribution >= 4 is 17.5 Å². The van der Waals surface area contributed by atoms with Crippen LogP contribution in [0, 0.1) is 11.7 Å². The quantitative estimate of drug-likeness (QED) is 0.805. The number of carbonyl (C=O) groups excluding carboxylic acids is 2. The van der Waals surface area contributed by atoms with Crippen molar-refractivity contribution in [2.24, 2.45) is 5.92 Å². The van der Waals surface area contributed by atoms with Crippen LogP contribution in [0.3, 0.4) is 0 Å². The molecule has 0 saturated carbocycles. The molecule has 0 bridgehead atoms. The second-order valence-electron chi connectivity index (χ2n) is 7.43. The molecule has 1 N–H and O–H groups in total. The molecular weight excluding hydrogens is 355 g/mol. The fraction of sp³-hybridized carbons (Fsp3) is 0.391. The van der Waals surface area contributed by atoms with Crippen molar-refractivity contribution in [1.29, 1.82) is 0 Å². The van der Waals surface area contributed by atoms with Gasteiger partial charge in [0.2, 0.25) is 5.91 Å². The van der Waals surface area contributed by atoms with E-state index in [0.717, 1.165) is 17.7 Å². The van der Waals surface area contributed by atoms with Crippen LogP contribution in [-0.2, 0) is 4.79 Å². The Morgan fingerprint density at radius 3 is 2.43 bits per heavy atom. The van der Waals surface area contributed by atoms with E-state index in [-0.39, 0.29) is 23.3 Å². The number of anilines is 1. The first-order chi connectivity index (χ1) is 13.5. The van der Waals surface area contributed by atoms with Gasteiger partial charge in [-0.1, -0.05) is 44.2 Å². The molecule has 0 radical (unpaired) electrons. The Kier molecular flexibility index (Phi) is 6.45. The number of hydrogen-bond acceptors (Lipinski definition) is 2. The summed E-state index contributed by atoms with van der Waals surface area (Å²) in [6.45, 7) is 5.19. The Labute approximate surface area is 165 Å². The monoisotopic (exact) mass is 382 g/mol. The number of carbonyl (C=O) groups is 2. The van der Waals surface area contributed by atoms with Crippen molar-refractivity contribution in [3.8, 4) is 0 Å². The van der Waals surface area contributed by atoms with Gasteiger partial charge in [-0.3, -0.25) is 9.59 Å². The summed E-state index contributed by atoms with van der Waals surface area (Å²) in [7, 11) is 0. The molecule has 28 heavy (non-hydrogen) atoms. The van der Waals surface area contributed by atoms with Gasteiger partial charge < -0.3 is 10.2 Å². The molecule has 1 aliphatic rings. The molecular formula is C23H27FN2O2. The molecule has 5 heteroatoms. The van der Waals surface area contributed by atoms with Crippen LogP contribution in [-0.4, -0.2) is 29.8 Å². The zero-order valence-corrected chi connectivity index (χ0v) is 16.5. The van der Waals surface area contributed by atoms with Crippen LogP contribution in [0.5, 0.6) is 0 Å². The van der Waals surface area contributed by atoms with Crippen molar-refractivity contribution in [3.63, 3.8) is 0 Å². The highest BCUT2D eigenvalue weighted by Gasteiger charge is 2.29. The second-order valence-corrected chi connectivity index (χ2v) is 7.43. The number of para-hydroxylation sites is 1. The minimum atomic E-state index is -0.506. The lowest BCUT2D eigenvalue weighted by atomic mass is 9.93. The van der Waals surface area contributed by atoms with E-state index in [1.807, 2.05) is 18.2 Å². The lowest BCUT2D eigenvalue weighted by Crippen LogP contribution is -2.41. The maximum Gasteiger partial charge on any atom is 0.256 e. The van der Waals surface area contributed by atoms with Crippen molar-refractivity contribution in [2.75, 3.05) is 18.4 Å². The van der Waals surface area contributed by atoms with Crippen molar-refractivity contribution in [1.82, 2.24) is 4.90 Å². The van der Waals surface area contributed by atoms with Crippen LogP contribution in [0.4, 0.5) is 10.1 Å². The molecule has 1 saturated heterocycles. The molecule has 0 aliphatic carbocycles. The third kappa shape index (κ3) is 4.41. The minimum Gasteiger partial charge on any atom is -0.339 e. The summed E-state index contributed by atoms with van der Waals surface area (Å²) in [6, 6.07) is 13.9. The number of benzene rings is 2. The van der Waals surface area contributed by atoms with Gasteiger partial charge in [0.25, 0.3) is 5.91 Å². The van der Waals surface area contributed by atoms with Gasteiger partial charge in [-0.25, -0.2) is 4.39 Å². The molecule has 0 unspecified atom stereocenters. The first-order valence-electron chi connectivity index (χ1n) is 9.94. The summed E-state index contributed by atoms with van der Waals surface area (Å²) in [5.74, 6) is -0.590. The van der Waals surface area contributed by atoms with Gasteiger partial charge in [0.1, 0.15) is 5.82 Å². The second kappa shape index (κ2) is 9.00. The highest BCUT2D eigenvalue weighted by Crippen LogP contribution is 2.28. The van der Waals surface area contributed by atoms with Crippen LogP contribution < -0.4 is 5.32 Å². The Bertz CT molecular complexity index is 844. The highest BCUT2D eigenvalue weighted by atomic mass is 19.1. The van der Waals surface area contributed by atoms with E-state index in [4.69, 9.17) is 0 Å². The predicted octanol–water partition coefficient (Wildman–Crippen LogP) is 4.83. The molecule has 3 rings (SSSR count). The number of likely N-dealkylation sites (tertiary alicyclic amines) is 1. The topological polar surface area (TPSA) is 49.4 Å². The molecule has 0 aromatic heterocycles. The number of halogens is 1.